The van der Waals surface area contributed by atoms with Crippen LogP contribution in [-0.2, 0) is 19.9 Å². The van der Waals surface area contributed by atoms with E-state index in [1.807, 2.05) is 4.72 Å². The number of nitrogens with one attached hydrogen (secondary N) is 1. The van der Waals surface area contributed by atoms with E-state index in [0.29, 0.717) is 18.9 Å². The predicted octanol–water partition coefficient (Wildman–Crippen LogP) is 1.44. The Kier molecular flexibility index (Phi) is 4.19. The maximum atomic E-state index is 13.0. The van der Waals surface area contributed by atoms with Gasteiger partial charge < -0.3 is 5.11 Å². The van der Waals surface area contributed by atoms with Gasteiger partial charge in [-0.15, -0.1) is 0 Å². The lowest BCUT2D eigenvalue weighted by Crippen LogP contribution is -2.16. The van der Waals surface area contributed by atoms with Crippen LogP contribution in [0, 0.1) is 5.82 Å². The van der Waals surface area contributed by atoms with Gasteiger partial charge in [0.05, 0.1) is 21.0 Å². The molecule has 0 aliphatic carbocycles. The van der Waals surface area contributed by atoms with Gasteiger partial charge in [-0.1, -0.05) is 3.77 Å². The Balaban J connectivity index is 2.38. The molecule has 1 aromatic rings. The van der Waals surface area contributed by atoms with Crippen molar-refractivity contribution in [3.63, 3.8) is 0 Å². The van der Waals surface area contributed by atoms with Crippen molar-refractivity contribution in [3.05, 3.63) is 29.6 Å². The second-order valence-electron chi connectivity index (χ2n) is 4.53. The third-order valence-electron chi connectivity index (χ3n) is 2.86. The summed E-state index contributed by atoms with van der Waals surface area (Å²) in [4.78, 5) is 11.0. The summed E-state index contributed by atoms with van der Waals surface area (Å²) in [5.74, 6) is -1.90. The average molecular weight is 336 g/mol. The molecule has 1 saturated heterocycles. The van der Waals surface area contributed by atoms with Crippen LogP contribution in [0.4, 0.5) is 10.1 Å². The Morgan fingerprint density at radius 3 is 2.52 bits per heavy atom. The minimum atomic E-state index is -4.33. The van der Waals surface area contributed by atoms with Gasteiger partial charge in [-0.25, -0.2) is 13.4 Å². The van der Waals surface area contributed by atoms with Gasteiger partial charge in [0.2, 0.25) is 0 Å². The molecule has 0 bridgehead atoms. The van der Waals surface area contributed by atoms with Crippen LogP contribution in [0.15, 0.2) is 22.0 Å². The fourth-order valence-electron chi connectivity index (χ4n) is 1.95. The molecule has 0 unspecified atom stereocenters. The number of nitrogens with zero attached hydrogens (tertiary/aromatic N) is 1. The largest absolute Gasteiger partial charge is 0.478 e. The maximum absolute atomic E-state index is 13.0. The zero-order valence-corrected chi connectivity index (χ0v) is 12.4. The van der Waals surface area contributed by atoms with Gasteiger partial charge in [0, 0.05) is 11.5 Å². The molecule has 0 aromatic heterocycles. The summed E-state index contributed by atoms with van der Waals surface area (Å²) < 4.78 is 54.2. The second kappa shape index (κ2) is 5.60. The first-order valence-corrected chi connectivity index (χ1v) is 9.29. The highest BCUT2D eigenvalue weighted by Crippen LogP contribution is 2.21. The number of aromatic carboxylic acids is 1. The van der Waals surface area contributed by atoms with Crippen molar-refractivity contribution >= 4 is 31.6 Å². The van der Waals surface area contributed by atoms with Crippen molar-refractivity contribution < 1.29 is 26.9 Å². The van der Waals surface area contributed by atoms with Gasteiger partial charge in [0.1, 0.15) is 5.82 Å². The molecular formula is C11H13FN2O5S2. The zero-order valence-electron chi connectivity index (χ0n) is 10.8. The lowest BCUT2D eigenvalue weighted by molar-refractivity contribution is 0.0697. The third-order valence-corrected chi connectivity index (χ3v) is 7.06. The summed E-state index contributed by atoms with van der Waals surface area (Å²) in [5, 5.41) is 8.93. The molecule has 116 valence electrons. The standard InChI is InChI=1S/C11H13FN2O5S2/c12-8-3-4-10(9(7-8)11(15)16)13-21(18,19)14-20(17)5-1-2-6-20/h3-4,7,13H,1-2,5-6H2,(H,15,16). The summed E-state index contributed by atoms with van der Waals surface area (Å²) in [7, 11) is -7.15. The van der Waals surface area contributed by atoms with Crippen LogP contribution in [0.2, 0.25) is 0 Å². The van der Waals surface area contributed by atoms with Gasteiger partial charge in [0.25, 0.3) is 0 Å². The van der Waals surface area contributed by atoms with E-state index in [9.17, 15) is 21.8 Å². The maximum Gasteiger partial charge on any atom is 0.350 e. The number of halogens is 1. The number of anilines is 1. The minimum absolute atomic E-state index is 0.198. The van der Waals surface area contributed by atoms with E-state index >= 15 is 0 Å². The van der Waals surface area contributed by atoms with Crippen LogP contribution in [0.25, 0.3) is 0 Å². The molecular weight excluding hydrogens is 323 g/mol. The van der Waals surface area contributed by atoms with Gasteiger partial charge in [-0.3, -0.25) is 4.72 Å². The SMILES string of the molecule is O=C(O)c1cc(F)ccc1NS(=O)(=O)N=S1(=O)CCCC1. The first-order valence-electron chi connectivity index (χ1n) is 6.00. The van der Waals surface area contributed by atoms with Gasteiger partial charge >= 0.3 is 16.2 Å². The van der Waals surface area contributed by atoms with E-state index in [1.54, 1.807) is 0 Å². The van der Waals surface area contributed by atoms with E-state index < -0.39 is 37.3 Å². The molecule has 0 amide bonds. The number of hydrogen-bond acceptors (Lipinski definition) is 4. The van der Waals surface area contributed by atoms with Crippen molar-refractivity contribution in [3.8, 4) is 0 Å². The van der Waals surface area contributed by atoms with Crippen molar-refractivity contribution in [1.82, 2.24) is 0 Å². The molecule has 1 aliphatic rings. The summed E-state index contributed by atoms with van der Waals surface area (Å²) in [6, 6.07) is 2.59. The number of carboxylic acids is 1. The molecule has 0 radical (unpaired) electrons. The average Bonchev–Trinajstić information content (AvgIpc) is 2.76. The Labute approximate surface area is 121 Å². The molecule has 1 aliphatic heterocycles. The van der Waals surface area contributed by atoms with Crippen LogP contribution in [0.1, 0.15) is 23.2 Å². The minimum Gasteiger partial charge on any atom is -0.478 e. The van der Waals surface area contributed by atoms with E-state index in [1.165, 1.54) is 0 Å². The monoisotopic (exact) mass is 336 g/mol. The fourth-order valence-corrected chi connectivity index (χ4v) is 6.10. The molecule has 1 aromatic carbocycles. The molecule has 1 heterocycles. The normalized spacial score (nSPS) is 17.4. The van der Waals surface area contributed by atoms with Gasteiger partial charge in [0.15, 0.2) is 0 Å². The van der Waals surface area contributed by atoms with E-state index in [4.69, 9.17) is 5.11 Å². The van der Waals surface area contributed by atoms with Crippen molar-refractivity contribution in [1.29, 1.82) is 0 Å². The summed E-state index contributed by atoms with van der Waals surface area (Å²) in [5.41, 5.74) is -0.871. The number of carboxylic acid groups (broad SMARTS) is 1. The molecule has 1 fully saturated rings. The van der Waals surface area contributed by atoms with E-state index in [0.717, 1.165) is 12.1 Å². The molecule has 0 atom stereocenters. The highest BCUT2D eigenvalue weighted by Gasteiger charge is 2.22. The smallest absolute Gasteiger partial charge is 0.350 e. The molecule has 2 rings (SSSR count). The van der Waals surface area contributed by atoms with Crippen LogP contribution < -0.4 is 4.72 Å². The molecule has 0 spiro atoms. The third kappa shape index (κ3) is 3.91. The first kappa shape index (κ1) is 15.7. The molecule has 21 heavy (non-hydrogen) atoms. The zero-order chi connectivity index (χ0) is 15.7. The quantitative estimate of drug-likeness (QED) is 0.864. The molecule has 7 nitrogen and oxygen atoms in total. The van der Waals surface area contributed by atoms with E-state index in [2.05, 4.69) is 3.77 Å². The Morgan fingerprint density at radius 2 is 1.95 bits per heavy atom. The van der Waals surface area contributed by atoms with Crippen molar-refractivity contribution in [2.24, 2.45) is 3.77 Å². The van der Waals surface area contributed by atoms with Crippen LogP contribution in [-0.4, -0.2) is 35.2 Å². The number of benzene rings is 1. The van der Waals surface area contributed by atoms with Crippen LogP contribution >= 0.6 is 0 Å². The topological polar surface area (TPSA) is 113 Å². The number of carbonyl (C=O) groups is 1. The predicted molar refractivity (Wildman–Crippen MR) is 75.4 cm³/mol. The summed E-state index contributed by atoms with van der Waals surface area (Å²) in [6.07, 6.45) is 1.27. The summed E-state index contributed by atoms with van der Waals surface area (Å²) >= 11 is 0. The highest BCUT2D eigenvalue weighted by molar-refractivity contribution is 8.03. The fraction of sp³-hybridized carbons (Fsp3) is 0.364. The van der Waals surface area contributed by atoms with E-state index in [-0.39, 0.29) is 17.2 Å². The first-order chi connectivity index (χ1) is 9.71. The number of rotatable bonds is 4. The van der Waals surface area contributed by atoms with Gasteiger partial charge in [-0.2, -0.15) is 8.42 Å². The molecule has 10 heteroatoms. The lowest BCUT2D eigenvalue weighted by Gasteiger charge is -2.08. The number of hydrogen-bond donors (Lipinski definition) is 2. The Morgan fingerprint density at radius 1 is 1.33 bits per heavy atom. The van der Waals surface area contributed by atoms with Crippen LogP contribution in [0.3, 0.4) is 0 Å². The molecule has 0 saturated carbocycles. The second-order valence-corrected chi connectivity index (χ2v) is 8.65. The lowest BCUT2D eigenvalue weighted by atomic mass is 10.2. The van der Waals surface area contributed by atoms with Gasteiger partial charge in [-0.05, 0) is 31.0 Å². The Bertz CT molecular complexity index is 785. The van der Waals surface area contributed by atoms with Crippen LogP contribution in [0.5, 0.6) is 0 Å². The van der Waals surface area contributed by atoms with Crippen molar-refractivity contribution in [2.45, 2.75) is 12.8 Å². The van der Waals surface area contributed by atoms with Crippen molar-refractivity contribution in [2.75, 3.05) is 16.2 Å². The summed E-state index contributed by atoms with van der Waals surface area (Å²) in [6.45, 7) is 0. The highest BCUT2D eigenvalue weighted by atomic mass is 32.3. The molecule has 2 N–H and O–H groups in total. The Hall–Kier alpha value is -1.68.